The molecule has 0 heterocycles. The van der Waals surface area contributed by atoms with Gasteiger partial charge in [-0.05, 0) is 36.2 Å². The van der Waals surface area contributed by atoms with Crippen molar-refractivity contribution < 1.29 is 13.7 Å². The van der Waals surface area contributed by atoms with Crippen molar-refractivity contribution in [1.82, 2.24) is 0 Å². The van der Waals surface area contributed by atoms with Crippen LogP contribution in [0.15, 0.2) is 36.4 Å². The van der Waals surface area contributed by atoms with Gasteiger partial charge in [-0.25, -0.2) is 4.39 Å². The number of aryl methyl sites for hydroxylation is 1. The van der Waals surface area contributed by atoms with Gasteiger partial charge in [0, 0.05) is 18.3 Å². The molecule has 0 unspecified atom stereocenters. The molecule has 20 heavy (non-hydrogen) atoms. The van der Waals surface area contributed by atoms with Gasteiger partial charge in [0.1, 0.15) is 5.82 Å². The number of nitro benzene ring substituents is 1. The van der Waals surface area contributed by atoms with E-state index in [4.69, 9.17) is 0 Å². The lowest BCUT2D eigenvalue weighted by Gasteiger charge is -2.09. The average Bonchev–Trinajstić information content (AvgIpc) is 2.39. The molecule has 0 spiro atoms. The first-order valence-corrected chi connectivity index (χ1v) is 5.90. The van der Waals surface area contributed by atoms with E-state index in [1.165, 1.54) is 18.2 Å². The third-order valence-electron chi connectivity index (χ3n) is 2.89. The Labute approximate surface area is 114 Å². The second kappa shape index (κ2) is 5.64. The van der Waals surface area contributed by atoms with Crippen LogP contribution >= 0.6 is 0 Å². The van der Waals surface area contributed by atoms with Crippen LogP contribution in [0.5, 0.6) is 0 Å². The van der Waals surface area contributed by atoms with Crippen LogP contribution in [0.3, 0.4) is 0 Å². The highest BCUT2D eigenvalue weighted by Gasteiger charge is 2.13. The summed E-state index contributed by atoms with van der Waals surface area (Å²) in [6.45, 7) is 2.07. The van der Waals surface area contributed by atoms with Crippen LogP contribution < -0.4 is 5.32 Å². The van der Waals surface area contributed by atoms with E-state index in [9.17, 15) is 18.9 Å². The highest BCUT2D eigenvalue weighted by atomic mass is 19.1. The van der Waals surface area contributed by atoms with Gasteiger partial charge >= 0.3 is 5.69 Å². The smallest absolute Gasteiger partial charge is 0.304 e. The number of rotatable bonds is 4. The zero-order valence-electron chi connectivity index (χ0n) is 10.7. The maximum absolute atomic E-state index is 13.4. The van der Waals surface area contributed by atoms with Crippen LogP contribution in [0.2, 0.25) is 0 Å². The second-order valence-corrected chi connectivity index (χ2v) is 4.36. The minimum atomic E-state index is -0.884. The summed E-state index contributed by atoms with van der Waals surface area (Å²) in [5, 5.41) is 13.5. The molecule has 0 atom stereocenters. The highest BCUT2D eigenvalue weighted by molar-refractivity contribution is 5.51. The first kappa shape index (κ1) is 13.9. The van der Waals surface area contributed by atoms with E-state index in [1.54, 1.807) is 6.07 Å². The van der Waals surface area contributed by atoms with Gasteiger partial charge < -0.3 is 5.32 Å². The molecule has 0 aliphatic carbocycles. The van der Waals surface area contributed by atoms with Crippen molar-refractivity contribution in [2.75, 3.05) is 5.32 Å². The molecule has 6 heteroatoms. The van der Waals surface area contributed by atoms with E-state index in [0.717, 1.165) is 17.7 Å². The zero-order chi connectivity index (χ0) is 14.7. The molecule has 0 aliphatic heterocycles. The average molecular weight is 278 g/mol. The third kappa shape index (κ3) is 3.09. The Balaban J connectivity index is 2.13. The normalized spacial score (nSPS) is 10.3. The van der Waals surface area contributed by atoms with Crippen LogP contribution in [0.4, 0.5) is 20.2 Å². The van der Waals surface area contributed by atoms with Crippen LogP contribution in [0.1, 0.15) is 11.1 Å². The standard InChI is InChI=1S/C14H12F2N2O2/c1-9-2-4-11(15)7-13(9)17-8-10-3-5-14(18(19)20)12(16)6-10/h2-7,17H,8H2,1H3. The van der Waals surface area contributed by atoms with E-state index < -0.39 is 16.4 Å². The maximum atomic E-state index is 13.4. The Hall–Kier alpha value is -2.50. The molecule has 0 aromatic heterocycles. The van der Waals surface area contributed by atoms with Crippen LogP contribution in [-0.4, -0.2) is 4.92 Å². The van der Waals surface area contributed by atoms with E-state index in [1.807, 2.05) is 6.92 Å². The van der Waals surface area contributed by atoms with Crippen molar-refractivity contribution >= 4 is 11.4 Å². The second-order valence-electron chi connectivity index (χ2n) is 4.36. The zero-order valence-corrected chi connectivity index (χ0v) is 10.7. The Bertz CT molecular complexity index is 660. The number of nitrogens with zero attached hydrogens (tertiary/aromatic N) is 1. The molecule has 0 saturated carbocycles. The molecule has 1 N–H and O–H groups in total. The number of anilines is 1. The van der Waals surface area contributed by atoms with Crippen LogP contribution in [0, 0.1) is 28.7 Å². The quantitative estimate of drug-likeness (QED) is 0.683. The molecule has 2 aromatic carbocycles. The van der Waals surface area contributed by atoms with Gasteiger partial charge in [0.25, 0.3) is 0 Å². The van der Waals surface area contributed by atoms with Crippen molar-refractivity contribution in [1.29, 1.82) is 0 Å². The molecular formula is C14H12F2N2O2. The first-order valence-electron chi connectivity index (χ1n) is 5.90. The summed E-state index contributed by atoms with van der Waals surface area (Å²) in [4.78, 5) is 9.73. The lowest BCUT2D eigenvalue weighted by molar-refractivity contribution is -0.387. The molecule has 0 radical (unpaired) electrons. The lowest BCUT2D eigenvalue weighted by Crippen LogP contribution is -2.02. The van der Waals surface area contributed by atoms with Crippen LogP contribution in [-0.2, 0) is 6.54 Å². The van der Waals surface area contributed by atoms with Gasteiger partial charge in [0.15, 0.2) is 0 Å². The van der Waals surface area contributed by atoms with Gasteiger partial charge in [-0.1, -0.05) is 12.1 Å². The van der Waals surface area contributed by atoms with E-state index >= 15 is 0 Å². The van der Waals surface area contributed by atoms with Crippen LogP contribution in [0.25, 0.3) is 0 Å². The number of nitro groups is 1. The van der Waals surface area contributed by atoms with Crippen molar-refractivity contribution in [3.8, 4) is 0 Å². The summed E-state index contributed by atoms with van der Waals surface area (Å²) in [6.07, 6.45) is 0. The van der Waals surface area contributed by atoms with Crippen molar-refractivity contribution in [3.05, 3.63) is 69.3 Å². The SMILES string of the molecule is Cc1ccc(F)cc1NCc1ccc([N+](=O)[O-])c(F)c1. The van der Waals surface area contributed by atoms with E-state index in [0.29, 0.717) is 11.3 Å². The first-order chi connectivity index (χ1) is 9.47. The summed E-state index contributed by atoms with van der Waals surface area (Å²) >= 11 is 0. The summed E-state index contributed by atoms with van der Waals surface area (Å²) in [6, 6.07) is 8.00. The summed E-state index contributed by atoms with van der Waals surface area (Å²) in [5.41, 5.74) is 1.44. The Kier molecular flexibility index (Phi) is 3.93. The minimum absolute atomic E-state index is 0.249. The summed E-state index contributed by atoms with van der Waals surface area (Å²) < 4.78 is 26.5. The molecule has 0 amide bonds. The third-order valence-corrected chi connectivity index (χ3v) is 2.89. The fourth-order valence-electron chi connectivity index (χ4n) is 1.79. The Morgan fingerprint density at radius 1 is 1.20 bits per heavy atom. The molecular weight excluding hydrogens is 266 g/mol. The van der Waals surface area contributed by atoms with Crippen molar-refractivity contribution in [2.24, 2.45) is 0 Å². The largest absolute Gasteiger partial charge is 0.381 e. The van der Waals surface area contributed by atoms with Crippen molar-refractivity contribution in [2.45, 2.75) is 13.5 Å². The summed E-state index contributed by atoms with van der Waals surface area (Å²) in [7, 11) is 0. The lowest BCUT2D eigenvalue weighted by atomic mass is 10.1. The number of halogens is 2. The van der Waals surface area contributed by atoms with Gasteiger partial charge in [-0.3, -0.25) is 10.1 Å². The number of hydrogen-bond donors (Lipinski definition) is 1. The highest BCUT2D eigenvalue weighted by Crippen LogP contribution is 2.20. The van der Waals surface area contributed by atoms with E-state index in [2.05, 4.69) is 5.32 Å². The molecule has 2 aromatic rings. The monoisotopic (exact) mass is 278 g/mol. The molecule has 0 aliphatic rings. The fraction of sp³-hybridized carbons (Fsp3) is 0.143. The molecule has 4 nitrogen and oxygen atoms in total. The summed E-state index contributed by atoms with van der Waals surface area (Å²) in [5.74, 6) is -1.25. The fourth-order valence-corrected chi connectivity index (χ4v) is 1.79. The van der Waals surface area contributed by atoms with Gasteiger partial charge in [-0.15, -0.1) is 0 Å². The number of nitrogens with one attached hydrogen (secondary N) is 1. The Morgan fingerprint density at radius 3 is 2.60 bits per heavy atom. The van der Waals surface area contributed by atoms with Gasteiger partial charge in [0.2, 0.25) is 5.82 Å². The topological polar surface area (TPSA) is 55.2 Å². The van der Waals surface area contributed by atoms with Gasteiger partial charge in [-0.2, -0.15) is 4.39 Å². The molecule has 0 fully saturated rings. The number of hydrogen-bond acceptors (Lipinski definition) is 3. The van der Waals surface area contributed by atoms with E-state index in [-0.39, 0.29) is 12.4 Å². The number of benzene rings is 2. The molecule has 0 bridgehead atoms. The predicted molar refractivity (Wildman–Crippen MR) is 71.5 cm³/mol. The van der Waals surface area contributed by atoms with Gasteiger partial charge in [0.05, 0.1) is 4.92 Å². The maximum Gasteiger partial charge on any atom is 0.304 e. The minimum Gasteiger partial charge on any atom is -0.381 e. The Morgan fingerprint density at radius 2 is 1.95 bits per heavy atom. The molecule has 104 valence electrons. The molecule has 2 rings (SSSR count). The predicted octanol–water partition coefficient (Wildman–Crippen LogP) is 3.79. The van der Waals surface area contributed by atoms with Crippen molar-refractivity contribution in [3.63, 3.8) is 0 Å². The molecule has 0 saturated heterocycles.